The second-order valence-electron chi connectivity index (χ2n) is 8.11. The van der Waals surface area contributed by atoms with Crippen molar-refractivity contribution in [1.29, 1.82) is 0 Å². The van der Waals surface area contributed by atoms with Crippen LogP contribution in [0.5, 0.6) is 0 Å². The van der Waals surface area contributed by atoms with Crippen LogP contribution in [0.1, 0.15) is 44.9 Å². The highest BCUT2D eigenvalue weighted by atomic mass is 35.5. The van der Waals surface area contributed by atoms with E-state index in [0.29, 0.717) is 28.6 Å². The molecule has 0 radical (unpaired) electrons. The molecule has 2 aromatic rings. The summed E-state index contributed by atoms with van der Waals surface area (Å²) in [7, 11) is 0. The topological polar surface area (TPSA) is 95.7 Å². The largest absolute Gasteiger partial charge is 0.357 e. The van der Waals surface area contributed by atoms with Crippen molar-refractivity contribution in [2.45, 2.75) is 51.6 Å². The summed E-state index contributed by atoms with van der Waals surface area (Å²) >= 11 is 5.93. The first kappa shape index (κ1) is 21.6. The number of aliphatic imine (C=N–C) groups is 1. The fraction of sp³-hybridized carbons (Fsp3) is 0.545. The van der Waals surface area contributed by atoms with Crippen LogP contribution in [-0.4, -0.2) is 52.6 Å². The monoisotopic (exact) mass is 444 g/mol. The average molecular weight is 445 g/mol. The number of halogens is 1. The van der Waals surface area contributed by atoms with Gasteiger partial charge in [-0.2, -0.15) is 4.98 Å². The number of hydrogen-bond acceptors (Lipinski definition) is 5. The number of nitrogens with zero attached hydrogens (tertiary/aromatic N) is 4. The average Bonchev–Trinajstić information content (AvgIpc) is 3.54. The Hall–Kier alpha value is -2.61. The predicted octanol–water partition coefficient (Wildman–Crippen LogP) is 3.24. The number of carbonyl (C=O) groups is 1. The van der Waals surface area contributed by atoms with Gasteiger partial charge < -0.3 is 20.1 Å². The van der Waals surface area contributed by atoms with Crippen LogP contribution in [0.2, 0.25) is 5.02 Å². The highest BCUT2D eigenvalue weighted by Gasteiger charge is 2.32. The van der Waals surface area contributed by atoms with Gasteiger partial charge in [0, 0.05) is 42.2 Å². The molecule has 2 N–H and O–H groups in total. The molecule has 1 unspecified atom stereocenters. The van der Waals surface area contributed by atoms with Gasteiger partial charge in [0.25, 0.3) is 0 Å². The number of nitrogens with one attached hydrogen (secondary N) is 2. The third-order valence-electron chi connectivity index (χ3n) is 5.83. The van der Waals surface area contributed by atoms with Crippen molar-refractivity contribution in [3.05, 3.63) is 35.2 Å². The number of benzene rings is 1. The van der Waals surface area contributed by atoms with Crippen LogP contribution in [0.25, 0.3) is 11.4 Å². The fourth-order valence-electron chi connectivity index (χ4n) is 4.20. The van der Waals surface area contributed by atoms with E-state index in [1.54, 1.807) is 12.1 Å². The van der Waals surface area contributed by atoms with Crippen LogP contribution in [0.15, 0.2) is 33.8 Å². The lowest BCUT2D eigenvalue weighted by Crippen LogP contribution is -2.45. The van der Waals surface area contributed by atoms with Crippen molar-refractivity contribution in [2.75, 3.05) is 19.6 Å². The lowest BCUT2D eigenvalue weighted by molar-refractivity contribution is -0.134. The van der Waals surface area contributed by atoms with Crippen molar-refractivity contribution in [3.63, 3.8) is 0 Å². The second-order valence-corrected chi connectivity index (χ2v) is 8.55. The van der Waals surface area contributed by atoms with Gasteiger partial charge in [0.05, 0.1) is 0 Å². The quantitative estimate of drug-likeness (QED) is 0.524. The third-order valence-corrected chi connectivity index (χ3v) is 6.08. The molecule has 1 aliphatic carbocycles. The molecule has 2 aliphatic rings. The third kappa shape index (κ3) is 5.55. The number of hydrogen-bond donors (Lipinski definition) is 2. The first-order valence-corrected chi connectivity index (χ1v) is 11.4. The van der Waals surface area contributed by atoms with Crippen molar-refractivity contribution in [3.8, 4) is 11.4 Å². The minimum Gasteiger partial charge on any atom is -0.357 e. The van der Waals surface area contributed by atoms with Crippen LogP contribution in [0.4, 0.5) is 0 Å². The highest BCUT2D eigenvalue weighted by Crippen LogP contribution is 2.27. The van der Waals surface area contributed by atoms with E-state index < -0.39 is 0 Å². The molecule has 1 aromatic carbocycles. The predicted molar refractivity (Wildman–Crippen MR) is 120 cm³/mol. The van der Waals surface area contributed by atoms with Gasteiger partial charge in [-0.15, -0.1) is 0 Å². The van der Waals surface area contributed by atoms with Gasteiger partial charge in [-0.05, 0) is 50.5 Å². The molecule has 2 heterocycles. The first-order chi connectivity index (χ1) is 15.1. The van der Waals surface area contributed by atoms with Gasteiger partial charge in [0.15, 0.2) is 5.96 Å². The number of likely N-dealkylation sites (tertiary alicyclic amines) is 1. The molecule has 166 valence electrons. The number of rotatable bonds is 6. The van der Waals surface area contributed by atoms with Crippen molar-refractivity contribution < 1.29 is 9.32 Å². The Balaban J connectivity index is 1.33. The van der Waals surface area contributed by atoms with Crippen molar-refractivity contribution in [1.82, 2.24) is 25.7 Å². The highest BCUT2D eigenvalue weighted by molar-refractivity contribution is 6.30. The smallest absolute Gasteiger partial charge is 0.248 e. The van der Waals surface area contributed by atoms with Gasteiger partial charge in [-0.3, -0.25) is 4.79 Å². The summed E-state index contributed by atoms with van der Waals surface area (Å²) in [5.74, 6) is 2.19. The summed E-state index contributed by atoms with van der Waals surface area (Å²) in [6.45, 7) is 4.56. The molecule has 1 aromatic heterocycles. The Kier molecular flexibility index (Phi) is 7.06. The first-order valence-electron chi connectivity index (χ1n) is 11.0. The zero-order chi connectivity index (χ0) is 21.6. The maximum atomic E-state index is 12.7. The van der Waals surface area contributed by atoms with E-state index in [9.17, 15) is 4.79 Å². The van der Waals surface area contributed by atoms with Crippen LogP contribution < -0.4 is 10.6 Å². The van der Waals surface area contributed by atoms with Crippen LogP contribution in [-0.2, 0) is 11.3 Å². The van der Waals surface area contributed by atoms with E-state index in [1.165, 1.54) is 12.8 Å². The van der Waals surface area contributed by atoms with E-state index in [4.69, 9.17) is 16.1 Å². The lowest BCUT2D eigenvalue weighted by Gasteiger charge is -2.21. The van der Waals surface area contributed by atoms with E-state index >= 15 is 0 Å². The molecular weight excluding hydrogens is 416 g/mol. The lowest BCUT2D eigenvalue weighted by atomic mass is 10.1. The van der Waals surface area contributed by atoms with Crippen molar-refractivity contribution >= 4 is 23.5 Å². The summed E-state index contributed by atoms with van der Waals surface area (Å²) in [5.41, 5.74) is 0.839. The molecule has 1 saturated heterocycles. The van der Waals surface area contributed by atoms with E-state index in [-0.39, 0.29) is 18.5 Å². The summed E-state index contributed by atoms with van der Waals surface area (Å²) in [5, 5.41) is 11.4. The number of amides is 1. The van der Waals surface area contributed by atoms with E-state index in [2.05, 4.69) is 25.8 Å². The van der Waals surface area contributed by atoms with Gasteiger partial charge in [-0.1, -0.05) is 29.6 Å². The molecule has 31 heavy (non-hydrogen) atoms. The molecule has 1 amide bonds. The standard InChI is InChI=1S/C22H29ClN6O2/c1-2-24-22(26-18-11-12-29(14-18)21(30)16-5-3-4-6-16)25-13-19-27-20(28-31-19)15-7-9-17(23)10-8-15/h7-10,16,18H,2-6,11-14H2,1H3,(H2,24,25,26). The van der Waals surface area contributed by atoms with Gasteiger partial charge in [-0.25, -0.2) is 4.99 Å². The summed E-state index contributed by atoms with van der Waals surface area (Å²) < 4.78 is 5.34. The Bertz CT molecular complexity index is 907. The minimum atomic E-state index is 0.190. The summed E-state index contributed by atoms with van der Waals surface area (Å²) in [4.78, 5) is 23.7. The minimum absolute atomic E-state index is 0.190. The SMILES string of the molecule is CCNC(=NCc1nc(-c2ccc(Cl)cc2)no1)NC1CCN(C(=O)C2CCCC2)C1. The second kappa shape index (κ2) is 10.1. The molecule has 4 rings (SSSR count). The molecule has 0 spiro atoms. The Morgan fingerprint density at radius 3 is 2.77 bits per heavy atom. The molecule has 1 saturated carbocycles. The maximum Gasteiger partial charge on any atom is 0.248 e. The van der Waals surface area contributed by atoms with Gasteiger partial charge >= 0.3 is 0 Å². The molecule has 1 atom stereocenters. The van der Waals surface area contributed by atoms with E-state index in [1.807, 2.05) is 24.0 Å². The van der Waals surface area contributed by atoms with Crippen LogP contribution in [0.3, 0.4) is 0 Å². The molecule has 1 aliphatic heterocycles. The van der Waals surface area contributed by atoms with Crippen LogP contribution >= 0.6 is 11.6 Å². The normalized spacial score (nSPS) is 19.7. The zero-order valence-corrected chi connectivity index (χ0v) is 18.6. The molecule has 2 fully saturated rings. The van der Waals surface area contributed by atoms with Crippen molar-refractivity contribution in [2.24, 2.45) is 10.9 Å². The Morgan fingerprint density at radius 1 is 1.26 bits per heavy atom. The number of carbonyl (C=O) groups excluding carboxylic acids is 1. The number of aromatic nitrogens is 2. The Morgan fingerprint density at radius 2 is 2.03 bits per heavy atom. The summed E-state index contributed by atoms with van der Waals surface area (Å²) in [6.07, 6.45) is 5.36. The molecular formula is C22H29ClN6O2. The van der Waals surface area contributed by atoms with Gasteiger partial charge in [0.1, 0.15) is 6.54 Å². The van der Waals surface area contributed by atoms with Gasteiger partial charge in [0.2, 0.25) is 17.6 Å². The summed E-state index contributed by atoms with van der Waals surface area (Å²) in [6, 6.07) is 7.48. The Labute approximate surface area is 187 Å². The molecule has 0 bridgehead atoms. The molecule has 8 nitrogen and oxygen atoms in total. The fourth-order valence-corrected chi connectivity index (χ4v) is 4.33. The number of guanidine groups is 1. The van der Waals surface area contributed by atoms with E-state index in [0.717, 1.165) is 44.5 Å². The molecule has 9 heteroatoms. The zero-order valence-electron chi connectivity index (χ0n) is 17.8. The van der Waals surface area contributed by atoms with Crippen LogP contribution in [0, 0.1) is 5.92 Å². The maximum absolute atomic E-state index is 12.7.